The number of thioether (sulfide) groups is 1. The third-order valence-corrected chi connectivity index (χ3v) is 12.8. The number of methoxy groups -OCH3 is 1. The summed E-state index contributed by atoms with van der Waals surface area (Å²) < 4.78 is 94.0. The smallest absolute Gasteiger partial charge is 0.366 e. The maximum atomic E-state index is 14.8. The minimum absolute atomic E-state index is 0.0221. The van der Waals surface area contributed by atoms with E-state index < -0.39 is 195 Å². The van der Waals surface area contributed by atoms with Crippen LogP contribution >= 0.6 is 11.8 Å². The van der Waals surface area contributed by atoms with E-state index in [4.69, 9.17) is 75.8 Å². The topological polar surface area (TPSA) is 394 Å². The van der Waals surface area contributed by atoms with Crippen LogP contribution in [0.15, 0.2) is 0 Å². The highest BCUT2D eigenvalue weighted by atomic mass is 32.2. The quantitative estimate of drug-likeness (QED) is 0.0573. The van der Waals surface area contributed by atoms with Gasteiger partial charge >= 0.3 is 59.7 Å². The highest BCUT2D eigenvalue weighted by Crippen LogP contribution is 2.42. The second-order valence-corrected chi connectivity index (χ2v) is 20.3. The molecule has 31 nitrogen and oxygen atoms in total. The van der Waals surface area contributed by atoms with Crippen molar-refractivity contribution in [3.63, 3.8) is 0 Å². The van der Waals surface area contributed by atoms with Crippen LogP contribution in [0.3, 0.4) is 0 Å². The Morgan fingerprint density at radius 3 is 1.57 bits per heavy atom. The van der Waals surface area contributed by atoms with Crippen LogP contribution in [-0.2, 0) is 138 Å². The average Bonchev–Trinajstić information content (AvgIpc) is 1.79. The van der Waals surface area contributed by atoms with Crippen LogP contribution in [0.5, 0.6) is 0 Å². The van der Waals surface area contributed by atoms with Gasteiger partial charge < -0.3 is 86.4 Å². The van der Waals surface area contributed by atoms with Crippen LogP contribution < -0.4 is 10.6 Å². The Hall–Kier alpha value is -6.58. The van der Waals surface area contributed by atoms with Gasteiger partial charge in [0.1, 0.15) is 62.5 Å². The number of unbranched alkanes of at least 4 members (excludes halogenated alkanes) is 2. The largest absolute Gasteiger partial charge is 0.465 e. The molecule has 2 N–H and O–H groups in total. The maximum Gasteiger partial charge on any atom is 0.366 e. The molecule has 0 aromatic heterocycles. The van der Waals surface area contributed by atoms with Gasteiger partial charge in [0.15, 0.2) is 48.2 Å². The van der Waals surface area contributed by atoms with Gasteiger partial charge in [-0.25, -0.2) is 4.79 Å². The Morgan fingerprint density at radius 2 is 1.06 bits per heavy atom. The Labute approximate surface area is 481 Å². The first-order chi connectivity index (χ1) is 38.9. The summed E-state index contributed by atoms with van der Waals surface area (Å²) in [5.41, 5.74) is 0. The summed E-state index contributed by atoms with van der Waals surface area (Å²) in [4.78, 5) is 168. The number of amides is 2. The van der Waals surface area contributed by atoms with Crippen molar-refractivity contribution in [2.24, 2.45) is 0 Å². The van der Waals surface area contributed by atoms with E-state index >= 15 is 0 Å². The fourth-order valence-corrected chi connectivity index (χ4v) is 9.70. The van der Waals surface area contributed by atoms with Gasteiger partial charge in [-0.2, -0.15) is 0 Å². The van der Waals surface area contributed by atoms with Crippen LogP contribution in [0.25, 0.3) is 0 Å². The molecule has 0 aromatic carbocycles. The van der Waals surface area contributed by atoms with Gasteiger partial charge in [-0.1, -0.05) is 18.2 Å². The summed E-state index contributed by atoms with van der Waals surface area (Å²) >= 11 is 1.14. The number of ether oxygens (including phenoxy) is 16. The molecular formula is C51H74N2O29S. The van der Waals surface area contributed by atoms with Crippen LogP contribution in [0.1, 0.15) is 109 Å². The lowest BCUT2D eigenvalue weighted by molar-refractivity contribution is -0.383. The average molecular weight is 1210 g/mol. The van der Waals surface area contributed by atoms with Crippen molar-refractivity contribution in [3.8, 4) is 0 Å². The van der Waals surface area contributed by atoms with Gasteiger partial charge in [-0.15, -0.1) is 0 Å². The Balaban J connectivity index is 2.47. The van der Waals surface area contributed by atoms with Crippen molar-refractivity contribution in [2.75, 3.05) is 39.3 Å². The Kier molecular flexibility index (Phi) is 28.7. The SMILES string of the molecule is COC(=O)[C@@]1(O[C@H]2[C@@H](OC(C)=O)[C@@H](COC(C)=O)O[C@@H](O[C@H]3[C@H](OC(C)=O)[C@@H](NC(C)=O)[C@H](OCCCCCSC(C)=O)O[C@@H]3COC(C)=O)[C@@H]2OC(C)=O)C[C@H](OC(C)=O)[C@@H](NC(C)=O)[C@H]([C@H](OC(C)=O)[C@@H](COC(C)=O)OC(C)=O)O1. The van der Waals surface area contributed by atoms with E-state index in [1.165, 1.54) is 6.92 Å². The summed E-state index contributed by atoms with van der Waals surface area (Å²) in [5, 5.41) is 5.08. The summed E-state index contributed by atoms with van der Waals surface area (Å²) in [6, 6.07) is -3.18. The summed E-state index contributed by atoms with van der Waals surface area (Å²) in [6.45, 7) is 9.76. The number of nitrogens with one attached hydrogen (secondary N) is 2. The fourth-order valence-electron chi connectivity index (χ4n) is 9.06. The lowest BCUT2D eigenvalue weighted by atomic mass is 9.87. The minimum atomic E-state index is -3.15. The van der Waals surface area contributed by atoms with E-state index in [-0.39, 0.29) is 11.7 Å². The third-order valence-electron chi connectivity index (χ3n) is 11.9. The van der Waals surface area contributed by atoms with Crippen molar-refractivity contribution >= 4 is 88.4 Å². The van der Waals surface area contributed by atoms with Gasteiger partial charge in [0.05, 0.1) is 19.6 Å². The van der Waals surface area contributed by atoms with Crippen molar-refractivity contribution in [1.29, 1.82) is 0 Å². The zero-order valence-electron chi connectivity index (χ0n) is 48.3. The summed E-state index contributed by atoms with van der Waals surface area (Å²) in [5.74, 6) is -14.9. The number of hydrogen-bond donors (Lipinski definition) is 2. The van der Waals surface area contributed by atoms with Crippen LogP contribution in [0, 0.1) is 0 Å². The number of hydrogen-bond acceptors (Lipinski definition) is 30. The van der Waals surface area contributed by atoms with Gasteiger partial charge in [0.2, 0.25) is 11.8 Å². The number of carbonyl (C=O) groups is 13. The molecule has 468 valence electrons. The highest BCUT2D eigenvalue weighted by Gasteiger charge is 2.64. The predicted octanol–water partition coefficient (Wildman–Crippen LogP) is -0.380. The molecule has 0 aromatic rings. The zero-order valence-corrected chi connectivity index (χ0v) is 49.1. The molecule has 2 amide bonds. The van der Waals surface area contributed by atoms with Crippen molar-refractivity contribution in [2.45, 2.75) is 206 Å². The first-order valence-corrected chi connectivity index (χ1v) is 27.0. The molecule has 3 aliphatic rings. The molecule has 3 aliphatic heterocycles. The van der Waals surface area contributed by atoms with Gasteiger partial charge in [-0.05, 0) is 12.8 Å². The van der Waals surface area contributed by atoms with Crippen molar-refractivity contribution < 1.29 is 138 Å². The lowest BCUT2D eigenvalue weighted by Crippen LogP contribution is -2.72. The molecule has 0 saturated carbocycles. The molecule has 3 heterocycles. The predicted molar refractivity (Wildman–Crippen MR) is 273 cm³/mol. The fraction of sp³-hybridized carbons (Fsp3) is 0.745. The van der Waals surface area contributed by atoms with Crippen LogP contribution in [0.2, 0.25) is 0 Å². The van der Waals surface area contributed by atoms with Crippen LogP contribution in [0.4, 0.5) is 0 Å². The van der Waals surface area contributed by atoms with Gasteiger partial charge in [-0.3, -0.25) is 57.5 Å². The van der Waals surface area contributed by atoms with E-state index in [9.17, 15) is 62.3 Å². The molecule has 83 heavy (non-hydrogen) atoms. The standard InChI is InChI=1S/C51H74N2O29S/c1-23(54)52-39-35(72-28(6)59)19-51(50(66)67-13,81-45(39)42(74-30(8)61)36(73-29(7)60)20-69-25(3)56)82-46-43(75-31(9)62)38(22-71-27(5)58)79-49(47(46)77-33(11)64)80-41-37(21-70-26(4)57)78-48(68-17-15-14-16-18-83-34(12)65)40(53-24(2)55)44(41)76-32(10)63/h35-49H,14-22H2,1-13H3,(H,52,54)(H,53,55)/t35-,36+,37+,38+,39+,40+,41+,42+,43-,44+,45+,46-,47+,48+,49-,51-/m0/s1. The molecule has 0 spiro atoms. The van der Waals surface area contributed by atoms with Crippen molar-refractivity contribution in [1.82, 2.24) is 10.6 Å². The first kappa shape index (κ1) is 70.7. The number of rotatable bonds is 28. The van der Waals surface area contributed by atoms with Crippen molar-refractivity contribution in [3.05, 3.63) is 0 Å². The molecule has 16 atom stereocenters. The molecule has 3 rings (SSSR count). The molecule has 32 heteroatoms. The zero-order chi connectivity index (χ0) is 62.5. The highest BCUT2D eigenvalue weighted by molar-refractivity contribution is 8.13. The molecule has 0 bridgehead atoms. The molecule has 0 radical (unpaired) electrons. The molecule has 0 aliphatic carbocycles. The molecule has 0 unspecified atom stereocenters. The Morgan fingerprint density at radius 1 is 0.542 bits per heavy atom. The van der Waals surface area contributed by atoms with Gasteiger partial charge in [0.25, 0.3) is 5.79 Å². The minimum Gasteiger partial charge on any atom is -0.465 e. The summed E-state index contributed by atoms with van der Waals surface area (Å²) in [7, 11) is 0.838. The number of carbonyl (C=O) groups excluding carboxylic acids is 13. The Bertz CT molecular complexity index is 2340. The van der Waals surface area contributed by atoms with E-state index in [1.54, 1.807) is 0 Å². The van der Waals surface area contributed by atoms with Gasteiger partial charge in [0, 0.05) is 95.4 Å². The summed E-state index contributed by atoms with van der Waals surface area (Å²) in [6.07, 6.45) is -24.3. The van der Waals surface area contributed by atoms with E-state index in [0.29, 0.717) is 25.0 Å². The molecular weight excluding hydrogens is 1140 g/mol. The normalized spacial score (nSPS) is 28.2. The van der Waals surface area contributed by atoms with E-state index in [2.05, 4.69) is 10.6 Å². The molecule has 3 saturated heterocycles. The van der Waals surface area contributed by atoms with E-state index in [0.717, 1.165) is 95.0 Å². The van der Waals surface area contributed by atoms with E-state index in [1.807, 2.05) is 0 Å². The second kappa shape index (κ2) is 33.6. The second-order valence-electron chi connectivity index (χ2n) is 19.0. The maximum absolute atomic E-state index is 14.8. The lowest BCUT2D eigenvalue weighted by Gasteiger charge is -2.52. The molecule has 3 fully saturated rings. The number of esters is 10. The third kappa shape index (κ3) is 22.8. The van der Waals surface area contributed by atoms with Crippen LogP contribution in [-0.4, -0.2) is 214 Å². The monoisotopic (exact) mass is 1210 g/mol. The first-order valence-electron chi connectivity index (χ1n) is 26.0.